The Labute approximate surface area is 174 Å². The van der Waals surface area contributed by atoms with Crippen LogP contribution >= 0.6 is 0 Å². The van der Waals surface area contributed by atoms with Crippen LogP contribution in [0.15, 0.2) is 30.3 Å². The SMILES string of the molecule is CCCCCCCCN(CCCCCCCC)c1ccc(/C=C/C(C)=O)cc1. The van der Waals surface area contributed by atoms with Gasteiger partial charge in [0, 0.05) is 18.8 Å². The minimum atomic E-state index is 0.0943. The minimum absolute atomic E-state index is 0.0943. The highest BCUT2D eigenvalue weighted by molar-refractivity contribution is 5.91. The molecule has 0 N–H and O–H groups in total. The molecule has 0 fully saturated rings. The highest BCUT2D eigenvalue weighted by Crippen LogP contribution is 2.19. The topological polar surface area (TPSA) is 20.3 Å². The van der Waals surface area contributed by atoms with Crippen molar-refractivity contribution in [3.05, 3.63) is 35.9 Å². The molecular weight excluding hydrogens is 342 g/mol. The fourth-order valence-electron chi connectivity index (χ4n) is 3.55. The van der Waals surface area contributed by atoms with E-state index in [1.165, 1.54) is 82.7 Å². The van der Waals surface area contributed by atoms with Gasteiger partial charge in [-0.25, -0.2) is 0 Å². The second-order valence-electron chi connectivity index (χ2n) is 8.06. The second kappa shape index (κ2) is 16.4. The lowest BCUT2D eigenvalue weighted by Gasteiger charge is -2.25. The summed E-state index contributed by atoms with van der Waals surface area (Å²) >= 11 is 0. The fourth-order valence-corrected chi connectivity index (χ4v) is 3.55. The molecule has 0 aliphatic carbocycles. The largest absolute Gasteiger partial charge is 0.372 e. The van der Waals surface area contributed by atoms with Crippen molar-refractivity contribution in [1.82, 2.24) is 0 Å². The van der Waals surface area contributed by atoms with Crippen molar-refractivity contribution in [1.29, 1.82) is 0 Å². The molecule has 0 heterocycles. The van der Waals surface area contributed by atoms with Crippen LogP contribution in [0.4, 0.5) is 5.69 Å². The molecule has 1 aromatic carbocycles. The summed E-state index contributed by atoms with van der Waals surface area (Å²) in [4.78, 5) is 13.7. The van der Waals surface area contributed by atoms with Crippen LogP contribution in [0.1, 0.15) is 103 Å². The minimum Gasteiger partial charge on any atom is -0.372 e. The highest BCUT2D eigenvalue weighted by atomic mass is 16.1. The normalized spacial score (nSPS) is 11.2. The van der Waals surface area contributed by atoms with E-state index in [0.29, 0.717) is 0 Å². The van der Waals surface area contributed by atoms with Crippen LogP contribution in [0.2, 0.25) is 0 Å². The van der Waals surface area contributed by atoms with Gasteiger partial charge in [-0.3, -0.25) is 4.79 Å². The Balaban J connectivity index is 2.53. The van der Waals surface area contributed by atoms with Crippen molar-refractivity contribution in [2.24, 2.45) is 0 Å². The Bertz CT molecular complexity index is 516. The Morgan fingerprint density at radius 2 is 1.21 bits per heavy atom. The maximum absolute atomic E-state index is 11.1. The van der Waals surface area contributed by atoms with Gasteiger partial charge in [-0.05, 0) is 43.5 Å². The molecule has 0 radical (unpaired) electrons. The zero-order chi connectivity index (χ0) is 20.5. The van der Waals surface area contributed by atoms with Crippen molar-refractivity contribution in [2.45, 2.75) is 97.8 Å². The first-order valence-electron chi connectivity index (χ1n) is 11.7. The Morgan fingerprint density at radius 3 is 1.68 bits per heavy atom. The molecule has 0 aliphatic heterocycles. The maximum atomic E-state index is 11.1. The molecular formula is C26H43NO. The summed E-state index contributed by atoms with van der Waals surface area (Å²) in [6.07, 6.45) is 19.7. The summed E-state index contributed by atoms with van der Waals surface area (Å²) in [5, 5.41) is 0. The van der Waals surface area contributed by atoms with Gasteiger partial charge < -0.3 is 4.90 Å². The highest BCUT2D eigenvalue weighted by Gasteiger charge is 2.06. The number of anilines is 1. The van der Waals surface area contributed by atoms with Crippen LogP contribution in [-0.4, -0.2) is 18.9 Å². The summed E-state index contributed by atoms with van der Waals surface area (Å²) in [6.45, 7) is 8.45. The second-order valence-corrected chi connectivity index (χ2v) is 8.06. The lowest BCUT2D eigenvalue weighted by atomic mass is 10.1. The Morgan fingerprint density at radius 1 is 0.750 bits per heavy atom. The molecule has 158 valence electrons. The van der Waals surface area contributed by atoms with E-state index in [1.807, 2.05) is 6.08 Å². The number of ketones is 1. The molecule has 0 saturated carbocycles. The summed E-state index contributed by atoms with van der Waals surface area (Å²) in [6, 6.07) is 8.69. The van der Waals surface area contributed by atoms with Crippen LogP contribution in [-0.2, 0) is 4.79 Å². The number of carbonyl (C=O) groups excluding carboxylic acids is 1. The van der Waals surface area contributed by atoms with E-state index in [4.69, 9.17) is 0 Å². The van der Waals surface area contributed by atoms with Gasteiger partial charge in [0.25, 0.3) is 0 Å². The molecule has 0 atom stereocenters. The van der Waals surface area contributed by atoms with Gasteiger partial charge >= 0.3 is 0 Å². The van der Waals surface area contributed by atoms with Crippen LogP contribution < -0.4 is 4.90 Å². The van der Waals surface area contributed by atoms with E-state index in [1.54, 1.807) is 13.0 Å². The van der Waals surface area contributed by atoms with E-state index in [0.717, 1.165) is 18.7 Å². The standard InChI is InChI=1S/C26H43NO/c1-4-6-8-10-12-14-22-27(23-15-13-11-9-7-5-2)26-20-18-25(19-21-26)17-16-24(3)28/h16-21H,4-15,22-23H2,1-3H3/b17-16+. The zero-order valence-electron chi connectivity index (χ0n) is 18.7. The number of benzene rings is 1. The predicted octanol–water partition coefficient (Wildman–Crippen LogP) is 7.82. The number of hydrogen-bond acceptors (Lipinski definition) is 2. The van der Waals surface area contributed by atoms with Crippen molar-refractivity contribution < 1.29 is 4.79 Å². The van der Waals surface area contributed by atoms with E-state index in [2.05, 4.69) is 43.0 Å². The van der Waals surface area contributed by atoms with Crippen molar-refractivity contribution in [3.63, 3.8) is 0 Å². The van der Waals surface area contributed by atoms with Crippen LogP contribution in [0.25, 0.3) is 6.08 Å². The van der Waals surface area contributed by atoms with Gasteiger partial charge in [0.2, 0.25) is 0 Å². The van der Waals surface area contributed by atoms with Gasteiger partial charge in [-0.2, -0.15) is 0 Å². The number of hydrogen-bond donors (Lipinski definition) is 0. The number of unbranched alkanes of at least 4 members (excludes halogenated alkanes) is 10. The van der Waals surface area contributed by atoms with E-state index in [-0.39, 0.29) is 5.78 Å². The third-order valence-electron chi connectivity index (χ3n) is 5.33. The van der Waals surface area contributed by atoms with Crippen LogP contribution in [0.3, 0.4) is 0 Å². The Hall–Kier alpha value is -1.57. The van der Waals surface area contributed by atoms with Gasteiger partial charge in [-0.1, -0.05) is 96.3 Å². The van der Waals surface area contributed by atoms with E-state index in [9.17, 15) is 4.79 Å². The Kier molecular flexibility index (Phi) is 14.3. The molecule has 0 unspecified atom stereocenters. The summed E-state index contributed by atoms with van der Waals surface area (Å²) < 4.78 is 0. The molecule has 0 aliphatic rings. The number of carbonyl (C=O) groups is 1. The summed E-state index contributed by atoms with van der Waals surface area (Å²) in [7, 11) is 0. The van der Waals surface area contributed by atoms with Crippen LogP contribution in [0.5, 0.6) is 0 Å². The lowest BCUT2D eigenvalue weighted by molar-refractivity contribution is -0.112. The van der Waals surface area contributed by atoms with E-state index < -0.39 is 0 Å². The average Bonchev–Trinajstić information content (AvgIpc) is 2.70. The van der Waals surface area contributed by atoms with Crippen LogP contribution in [0, 0.1) is 0 Å². The number of nitrogens with zero attached hydrogens (tertiary/aromatic N) is 1. The average molecular weight is 386 g/mol. The quantitative estimate of drug-likeness (QED) is 0.201. The van der Waals surface area contributed by atoms with Gasteiger partial charge in [0.1, 0.15) is 0 Å². The molecule has 2 nitrogen and oxygen atoms in total. The van der Waals surface area contributed by atoms with E-state index >= 15 is 0 Å². The van der Waals surface area contributed by atoms with Crippen molar-refractivity contribution >= 4 is 17.5 Å². The summed E-state index contributed by atoms with van der Waals surface area (Å²) in [5.41, 5.74) is 2.42. The first-order valence-corrected chi connectivity index (χ1v) is 11.7. The van der Waals surface area contributed by atoms with Crippen molar-refractivity contribution in [2.75, 3.05) is 18.0 Å². The smallest absolute Gasteiger partial charge is 0.152 e. The molecule has 0 amide bonds. The molecule has 28 heavy (non-hydrogen) atoms. The summed E-state index contributed by atoms with van der Waals surface area (Å²) in [5.74, 6) is 0.0943. The van der Waals surface area contributed by atoms with Crippen molar-refractivity contribution in [3.8, 4) is 0 Å². The molecule has 2 heteroatoms. The maximum Gasteiger partial charge on any atom is 0.152 e. The van der Waals surface area contributed by atoms with Gasteiger partial charge in [-0.15, -0.1) is 0 Å². The first-order chi connectivity index (χ1) is 13.7. The predicted molar refractivity (Wildman–Crippen MR) is 125 cm³/mol. The molecule has 0 spiro atoms. The lowest BCUT2D eigenvalue weighted by Crippen LogP contribution is -2.25. The molecule has 0 bridgehead atoms. The third-order valence-corrected chi connectivity index (χ3v) is 5.33. The van der Waals surface area contributed by atoms with Gasteiger partial charge in [0.15, 0.2) is 5.78 Å². The monoisotopic (exact) mass is 385 g/mol. The molecule has 0 aromatic heterocycles. The number of rotatable bonds is 17. The molecule has 1 rings (SSSR count). The molecule has 0 saturated heterocycles. The zero-order valence-corrected chi connectivity index (χ0v) is 18.7. The molecule has 1 aromatic rings. The first kappa shape index (κ1) is 24.5. The van der Waals surface area contributed by atoms with Gasteiger partial charge in [0.05, 0.1) is 0 Å². The third kappa shape index (κ3) is 12.0. The fraction of sp³-hybridized carbons (Fsp3) is 0.654. The number of allylic oxidation sites excluding steroid dienone is 1.